The zero-order valence-electron chi connectivity index (χ0n) is 12.1. The highest BCUT2D eigenvalue weighted by molar-refractivity contribution is 5.86. The van der Waals surface area contributed by atoms with Crippen LogP contribution in [0.15, 0.2) is 24.3 Å². The number of carbonyl (C=O) groups excluding carboxylic acids is 1. The lowest BCUT2D eigenvalue weighted by molar-refractivity contribution is -0.136. The Bertz CT molecular complexity index is 402. The van der Waals surface area contributed by atoms with E-state index in [0.29, 0.717) is 13.0 Å². The molecule has 0 radical (unpaired) electrons. The smallest absolute Gasteiger partial charge is 0.166 e. The third-order valence-corrected chi connectivity index (χ3v) is 3.04. The molecular weight excluding hydrogens is 224 g/mol. The predicted octanol–water partition coefficient (Wildman–Crippen LogP) is 3.56. The summed E-state index contributed by atoms with van der Waals surface area (Å²) in [5.41, 5.74) is 2.10. The van der Waals surface area contributed by atoms with E-state index in [4.69, 9.17) is 4.74 Å². The van der Waals surface area contributed by atoms with Crippen LogP contribution in [0, 0.1) is 12.3 Å². The molecule has 0 N–H and O–H groups in total. The van der Waals surface area contributed by atoms with Gasteiger partial charge in [-0.25, -0.2) is 0 Å². The first-order valence-corrected chi connectivity index (χ1v) is 6.55. The number of carbonyl (C=O) groups is 1. The van der Waals surface area contributed by atoms with Gasteiger partial charge in [0.25, 0.3) is 0 Å². The Morgan fingerprint density at radius 1 is 1.28 bits per heavy atom. The topological polar surface area (TPSA) is 26.3 Å². The second-order valence-electron chi connectivity index (χ2n) is 5.77. The number of Topliss-reactive ketones (excluding diaryl/α,β-unsaturated/α-hetero) is 1. The average molecular weight is 248 g/mol. The second kappa shape index (κ2) is 6.14. The van der Waals surface area contributed by atoms with E-state index in [2.05, 4.69) is 0 Å². The van der Waals surface area contributed by atoms with Gasteiger partial charge in [0.05, 0.1) is 0 Å². The first-order chi connectivity index (χ1) is 8.36. The Kier molecular flexibility index (Phi) is 5.09. The van der Waals surface area contributed by atoms with Gasteiger partial charge in [0.1, 0.15) is 6.10 Å². The molecule has 1 aromatic rings. The summed E-state index contributed by atoms with van der Waals surface area (Å²) in [5.74, 6) is 0.165. The molecule has 0 fully saturated rings. The van der Waals surface area contributed by atoms with Crippen molar-refractivity contribution in [2.75, 3.05) is 6.61 Å². The van der Waals surface area contributed by atoms with Gasteiger partial charge in [0, 0.05) is 13.0 Å². The molecule has 1 rings (SSSR count). The number of ether oxygens (including phenoxy) is 1. The van der Waals surface area contributed by atoms with Crippen molar-refractivity contribution in [2.45, 2.75) is 47.1 Å². The molecule has 2 heteroatoms. The van der Waals surface area contributed by atoms with Crippen molar-refractivity contribution in [3.8, 4) is 0 Å². The third-order valence-electron chi connectivity index (χ3n) is 3.04. The second-order valence-corrected chi connectivity index (χ2v) is 5.77. The summed E-state index contributed by atoms with van der Waals surface area (Å²) in [6.45, 7) is 10.7. The SMILES string of the molecule is CCOC(C(=O)Cc1ccccc1C)C(C)(C)C. The van der Waals surface area contributed by atoms with E-state index in [1.54, 1.807) is 0 Å². The minimum absolute atomic E-state index is 0.157. The summed E-state index contributed by atoms with van der Waals surface area (Å²) in [4.78, 5) is 12.4. The molecule has 0 aliphatic carbocycles. The van der Waals surface area contributed by atoms with Gasteiger partial charge in [-0.05, 0) is 30.4 Å². The van der Waals surface area contributed by atoms with Crippen LogP contribution < -0.4 is 0 Å². The molecule has 0 heterocycles. The molecule has 1 aromatic carbocycles. The van der Waals surface area contributed by atoms with Gasteiger partial charge >= 0.3 is 0 Å². The summed E-state index contributed by atoms with van der Waals surface area (Å²) < 4.78 is 5.63. The summed E-state index contributed by atoms with van der Waals surface area (Å²) in [7, 11) is 0. The van der Waals surface area contributed by atoms with Crippen molar-refractivity contribution < 1.29 is 9.53 Å². The molecule has 100 valence electrons. The van der Waals surface area contributed by atoms with E-state index in [0.717, 1.165) is 11.1 Å². The molecule has 18 heavy (non-hydrogen) atoms. The van der Waals surface area contributed by atoms with E-state index in [1.807, 2.05) is 58.9 Å². The summed E-state index contributed by atoms with van der Waals surface area (Å²) in [6, 6.07) is 8.02. The maximum atomic E-state index is 12.4. The zero-order chi connectivity index (χ0) is 13.8. The summed E-state index contributed by atoms with van der Waals surface area (Å²) >= 11 is 0. The number of benzene rings is 1. The van der Waals surface area contributed by atoms with Gasteiger partial charge in [-0.15, -0.1) is 0 Å². The fourth-order valence-electron chi connectivity index (χ4n) is 2.08. The van der Waals surface area contributed by atoms with E-state index in [1.165, 1.54) is 0 Å². The number of hydrogen-bond donors (Lipinski definition) is 0. The molecule has 0 saturated carbocycles. The normalized spacial score (nSPS) is 13.4. The lowest BCUT2D eigenvalue weighted by Crippen LogP contribution is -2.38. The van der Waals surface area contributed by atoms with Gasteiger partial charge in [-0.3, -0.25) is 4.79 Å². The van der Waals surface area contributed by atoms with E-state index in [-0.39, 0.29) is 17.3 Å². The average Bonchev–Trinajstić information content (AvgIpc) is 2.27. The van der Waals surface area contributed by atoms with Gasteiger partial charge in [0.15, 0.2) is 5.78 Å². The van der Waals surface area contributed by atoms with Crippen LogP contribution in [0.4, 0.5) is 0 Å². The van der Waals surface area contributed by atoms with Crippen molar-refractivity contribution >= 4 is 5.78 Å². The fourth-order valence-corrected chi connectivity index (χ4v) is 2.08. The van der Waals surface area contributed by atoms with Gasteiger partial charge in [0.2, 0.25) is 0 Å². The number of aryl methyl sites for hydroxylation is 1. The van der Waals surface area contributed by atoms with Gasteiger partial charge in [-0.2, -0.15) is 0 Å². The molecule has 0 saturated heterocycles. The number of rotatable bonds is 5. The summed E-state index contributed by atoms with van der Waals surface area (Å²) in [5, 5.41) is 0. The molecule has 0 spiro atoms. The molecule has 2 nitrogen and oxygen atoms in total. The van der Waals surface area contributed by atoms with Crippen LogP contribution in [0.2, 0.25) is 0 Å². The molecule has 0 bridgehead atoms. The van der Waals surface area contributed by atoms with Gasteiger partial charge in [-0.1, -0.05) is 45.0 Å². The fraction of sp³-hybridized carbons (Fsp3) is 0.562. The Labute approximate surface area is 110 Å². The van der Waals surface area contributed by atoms with Crippen LogP contribution in [0.25, 0.3) is 0 Å². The standard InChI is InChI=1S/C16H24O2/c1-6-18-15(16(3,4)5)14(17)11-13-10-8-7-9-12(13)2/h7-10,15H,6,11H2,1-5H3. The van der Waals surface area contributed by atoms with Crippen molar-refractivity contribution in [3.05, 3.63) is 35.4 Å². The van der Waals surface area contributed by atoms with E-state index >= 15 is 0 Å². The molecule has 0 aliphatic heterocycles. The molecule has 1 atom stereocenters. The minimum atomic E-state index is -0.331. The monoisotopic (exact) mass is 248 g/mol. The Balaban J connectivity index is 2.83. The summed E-state index contributed by atoms with van der Waals surface area (Å²) in [6.07, 6.45) is 0.122. The Morgan fingerprint density at radius 3 is 2.39 bits per heavy atom. The van der Waals surface area contributed by atoms with Crippen LogP contribution in [0.3, 0.4) is 0 Å². The maximum absolute atomic E-state index is 12.4. The highest BCUT2D eigenvalue weighted by atomic mass is 16.5. The van der Waals surface area contributed by atoms with Crippen LogP contribution in [0.5, 0.6) is 0 Å². The molecule has 0 aromatic heterocycles. The highest BCUT2D eigenvalue weighted by Crippen LogP contribution is 2.24. The van der Waals surface area contributed by atoms with Crippen LogP contribution in [0.1, 0.15) is 38.8 Å². The minimum Gasteiger partial charge on any atom is -0.370 e. The van der Waals surface area contributed by atoms with Crippen LogP contribution in [-0.2, 0) is 16.0 Å². The Morgan fingerprint density at radius 2 is 1.89 bits per heavy atom. The molecule has 0 aliphatic rings. The molecule has 1 unspecified atom stereocenters. The van der Waals surface area contributed by atoms with Gasteiger partial charge < -0.3 is 4.74 Å². The lowest BCUT2D eigenvalue weighted by atomic mass is 9.84. The van der Waals surface area contributed by atoms with E-state index < -0.39 is 0 Å². The van der Waals surface area contributed by atoms with Crippen molar-refractivity contribution in [3.63, 3.8) is 0 Å². The quantitative estimate of drug-likeness (QED) is 0.796. The number of ketones is 1. The van der Waals surface area contributed by atoms with E-state index in [9.17, 15) is 4.79 Å². The maximum Gasteiger partial charge on any atom is 0.166 e. The van der Waals surface area contributed by atoms with Crippen LogP contribution in [-0.4, -0.2) is 18.5 Å². The first-order valence-electron chi connectivity index (χ1n) is 6.55. The van der Waals surface area contributed by atoms with Crippen LogP contribution >= 0.6 is 0 Å². The Hall–Kier alpha value is -1.15. The van der Waals surface area contributed by atoms with Crippen molar-refractivity contribution in [1.29, 1.82) is 0 Å². The molecule has 0 amide bonds. The zero-order valence-corrected chi connectivity index (χ0v) is 12.1. The number of hydrogen-bond acceptors (Lipinski definition) is 2. The highest BCUT2D eigenvalue weighted by Gasteiger charge is 2.31. The van der Waals surface area contributed by atoms with Crippen molar-refractivity contribution in [2.24, 2.45) is 5.41 Å². The molecular formula is C16H24O2. The largest absolute Gasteiger partial charge is 0.370 e. The predicted molar refractivity (Wildman–Crippen MR) is 74.8 cm³/mol. The first kappa shape index (κ1) is 14.9. The third kappa shape index (κ3) is 3.95. The van der Waals surface area contributed by atoms with Crippen molar-refractivity contribution in [1.82, 2.24) is 0 Å². The lowest BCUT2D eigenvalue weighted by Gasteiger charge is -2.29.